The first-order valence-corrected chi connectivity index (χ1v) is 6.94. The SMILES string of the molecule is C[C@H]1CCC2CCCC([C@@H](C)CO)C2CO1. The zero-order valence-corrected chi connectivity index (χ0v) is 10.7. The average molecular weight is 226 g/mol. The maximum atomic E-state index is 9.36. The number of rotatable bonds is 2. The van der Waals surface area contributed by atoms with Gasteiger partial charge in [-0.1, -0.05) is 19.8 Å². The highest BCUT2D eigenvalue weighted by atomic mass is 16.5. The van der Waals surface area contributed by atoms with Crippen molar-refractivity contribution in [2.75, 3.05) is 13.2 Å². The largest absolute Gasteiger partial charge is 0.396 e. The molecule has 1 heterocycles. The zero-order valence-electron chi connectivity index (χ0n) is 10.7. The van der Waals surface area contributed by atoms with Crippen LogP contribution < -0.4 is 0 Å². The van der Waals surface area contributed by atoms with Gasteiger partial charge in [-0.15, -0.1) is 0 Å². The van der Waals surface area contributed by atoms with Crippen molar-refractivity contribution in [1.29, 1.82) is 0 Å². The van der Waals surface area contributed by atoms with Crippen molar-refractivity contribution in [3.8, 4) is 0 Å². The molecule has 0 radical (unpaired) electrons. The fourth-order valence-electron chi connectivity index (χ4n) is 3.66. The van der Waals surface area contributed by atoms with Gasteiger partial charge in [0.1, 0.15) is 0 Å². The normalized spacial score (nSPS) is 42.2. The van der Waals surface area contributed by atoms with Crippen molar-refractivity contribution < 1.29 is 9.84 Å². The Morgan fingerprint density at radius 1 is 1.25 bits per heavy atom. The fourth-order valence-corrected chi connectivity index (χ4v) is 3.66. The molecule has 0 amide bonds. The first-order valence-electron chi connectivity index (χ1n) is 6.94. The maximum Gasteiger partial charge on any atom is 0.0547 e. The molecule has 0 aromatic heterocycles. The fraction of sp³-hybridized carbons (Fsp3) is 1.00. The molecule has 1 saturated heterocycles. The van der Waals surface area contributed by atoms with E-state index in [0.717, 1.165) is 12.5 Å². The molecule has 1 aliphatic heterocycles. The van der Waals surface area contributed by atoms with Crippen LogP contribution in [0.4, 0.5) is 0 Å². The Morgan fingerprint density at radius 3 is 2.81 bits per heavy atom. The predicted octanol–water partition coefficient (Wildman–Crippen LogP) is 2.85. The van der Waals surface area contributed by atoms with E-state index < -0.39 is 0 Å². The summed E-state index contributed by atoms with van der Waals surface area (Å²) in [6, 6.07) is 0. The molecule has 94 valence electrons. The number of aliphatic hydroxyl groups excluding tert-OH is 1. The number of aliphatic hydroxyl groups is 1. The van der Waals surface area contributed by atoms with Gasteiger partial charge in [0.2, 0.25) is 0 Å². The van der Waals surface area contributed by atoms with Crippen molar-refractivity contribution >= 4 is 0 Å². The van der Waals surface area contributed by atoms with Gasteiger partial charge in [0, 0.05) is 6.61 Å². The van der Waals surface area contributed by atoms with Crippen LogP contribution in [0.15, 0.2) is 0 Å². The molecule has 0 aromatic rings. The van der Waals surface area contributed by atoms with Crippen LogP contribution in [-0.4, -0.2) is 24.4 Å². The van der Waals surface area contributed by atoms with E-state index in [1.54, 1.807) is 0 Å². The monoisotopic (exact) mass is 226 g/mol. The molecule has 5 atom stereocenters. The lowest BCUT2D eigenvalue weighted by Gasteiger charge is -2.39. The van der Waals surface area contributed by atoms with Crippen molar-refractivity contribution in [3.05, 3.63) is 0 Å². The van der Waals surface area contributed by atoms with Crippen LogP contribution in [0.3, 0.4) is 0 Å². The van der Waals surface area contributed by atoms with Crippen molar-refractivity contribution in [3.63, 3.8) is 0 Å². The highest BCUT2D eigenvalue weighted by molar-refractivity contribution is 4.86. The molecule has 2 aliphatic rings. The van der Waals surface area contributed by atoms with Crippen molar-refractivity contribution in [2.24, 2.45) is 23.7 Å². The van der Waals surface area contributed by atoms with Gasteiger partial charge in [-0.3, -0.25) is 0 Å². The van der Waals surface area contributed by atoms with Crippen molar-refractivity contribution in [1.82, 2.24) is 0 Å². The summed E-state index contributed by atoms with van der Waals surface area (Å²) < 4.78 is 5.92. The number of hydrogen-bond donors (Lipinski definition) is 1. The van der Waals surface area contributed by atoms with Crippen LogP contribution in [0.25, 0.3) is 0 Å². The highest BCUT2D eigenvalue weighted by Crippen LogP contribution is 2.43. The van der Waals surface area contributed by atoms with Gasteiger partial charge in [0.15, 0.2) is 0 Å². The summed E-state index contributed by atoms with van der Waals surface area (Å²) in [7, 11) is 0. The Kier molecular flexibility index (Phi) is 4.26. The van der Waals surface area contributed by atoms with E-state index >= 15 is 0 Å². The molecule has 2 heteroatoms. The summed E-state index contributed by atoms with van der Waals surface area (Å²) in [6.07, 6.45) is 7.03. The summed E-state index contributed by atoms with van der Waals surface area (Å²) in [5.41, 5.74) is 0. The second-order valence-electron chi connectivity index (χ2n) is 5.90. The van der Waals surface area contributed by atoms with E-state index in [0.29, 0.717) is 30.5 Å². The van der Waals surface area contributed by atoms with E-state index in [2.05, 4.69) is 13.8 Å². The minimum absolute atomic E-state index is 0.337. The van der Waals surface area contributed by atoms with Gasteiger partial charge in [0.25, 0.3) is 0 Å². The summed E-state index contributed by atoms with van der Waals surface area (Å²) >= 11 is 0. The molecule has 2 fully saturated rings. The van der Waals surface area contributed by atoms with Crippen LogP contribution in [-0.2, 0) is 4.74 Å². The lowest BCUT2D eigenvalue weighted by atomic mass is 9.67. The van der Waals surface area contributed by atoms with Crippen molar-refractivity contribution in [2.45, 2.75) is 52.1 Å². The Bertz CT molecular complexity index is 217. The lowest BCUT2D eigenvalue weighted by molar-refractivity contribution is -0.00215. The van der Waals surface area contributed by atoms with Crippen LogP contribution in [0, 0.1) is 23.7 Å². The Labute approximate surface area is 99.4 Å². The zero-order chi connectivity index (χ0) is 11.5. The minimum atomic E-state index is 0.337. The number of fused-ring (bicyclic) bond motifs is 1. The van der Waals surface area contributed by atoms with Crippen LogP contribution in [0.1, 0.15) is 46.0 Å². The third-order valence-electron chi connectivity index (χ3n) is 4.80. The standard InChI is InChI=1S/C14H26O2/c1-10(8-15)13-5-3-4-12-7-6-11(2)16-9-14(12)13/h10-15H,3-9H2,1-2H3/t10-,11-,12?,13?,14?/m0/s1. The molecule has 16 heavy (non-hydrogen) atoms. The first-order chi connectivity index (χ1) is 7.72. The molecule has 1 N–H and O–H groups in total. The Balaban J connectivity index is 2.04. The van der Waals surface area contributed by atoms with Gasteiger partial charge in [-0.2, -0.15) is 0 Å². The van der Waals surface area contributed by atoms with Gasteiger partial charge in [-0.05, 0) is 49.9 Å². The quantitative estimate of drug-likeness (QED) is 0.784. The molecular weight excluding hydrogens is 200 g/mol. The molecule has 1 saturated carbocycles. The summed E-state index contributed by atoms with van der Waals surface area (Å²) in [5, 5.41) is 9.36. The number of ether oxygens (including phenoxy) is 1. The third kappa shape index (κ3) is 2.60. The average Bonchev–Trinajstić information content (AvgIpc) is 2.50. The van der Waals surface area contributed by atoms with E-state index in [9.17, 15) is 5.11 Å². The number of hydrogen-bond acceptors (Lipinski definition) is 2. The van der Waals surface area contributed by atoms with Gasteiger partial charge >= 0.3 is 0 Å². The molecule has 0 bridgehead atoms. The summed E-state index contributed by atoms with van der Waals surface area (Å²) in [6.45, 7) is 5.66. The highest BCUT2D eigenvalue weighted by Gasteiger charge is 2.37. The topological polar surface area (TPSA) is 29.5 Å². The Hall–Kier alpha value is -0.0800. The predicted molar refractivity (Wildman–Crippen MR) is 65.2 cm³/mol. The first kappa shape index (κ1) is 12.4. The van der Waals surface area contributed by atoms with Crippen LogP contribution in [0.5, 0.6) is 0 Å². The maximum absolute atomic E-state index is 9.36. The third-order valence-corrected chi connectivity index (χ3v) is 4.80. The lowest BCUT2D eigenvalue weighted by Crippen LogP contribution is -2.35. The van der Waals surface area contributed by atoms with Gasteiger partial charge in [-0.25, -0.2) is 0 Å². The van der Waals surface area contributed by atoms with Crippen LogP contribution in [0.2, 0.25) is 0 Å². The van der Waals surface area contributed by atoms with Gasteiger partial charge in [0.05, 0.1) is 12.7 Å². The molecule has 2 nitrogen and oxygen atoms in total. The van der Waals surface area contributed by atoms with E-state index in [4.69, 9.17) is 4.74 Å². The molecular formula is C14H26O2. The Morgan fingerprint density at radius 2 is 2.06 bits per heavy atom. The minimum Gasteiger partial charge on any atom is -0.396 e. The van der Waals surface area contributed by atoms with Gasteiger partial charge < -0.3 is 9.84 Å². The van der Waals surface area contributed by atoms with E-state index in [1.165, 1.54) is 32.1 Å². The molecule has 0 aromatic carbocycles. The van der Waals surface area contributed by atoms with E-state index in [1.807, 2.05) is 0 Å². The summed E-state index contributed by atoms with van der Waals surface area (Å²) in [4.78, 5) is 0. The molecule has 2 rings (SSSR count). The molecule has 3 unspecified atom stereocenters. The molecule has 0 spiro atoms. The van der Waals surface area contributed by atoms with E-state index in [-0.39, 0.29) is 0 Å². The summed E-state index contributed by atoms with van der Waals surface area (Å²) in [5.74, 6) is 2.71. The smallest absolute Gasteiger partial charge is 0.0547 e. The second-order valence-corrected chi connectivity index (χ2v) is 5.90. The van der Waals surface area contributed by atoms with Crippen LogP contribution >= 0.6 is 0 Å². The molecule has 1 aliphatic carbocycles. The second kappa shape index (κ2) is 5.50.